The second-order valence-electron chi connectivity index (χ2n) is 10.3. The van der Waals surface area contributed by atoms with Crippen molar-refractivity contribution in [3.05, 3.63) is 53.1 Å². The molecule has 1 aliphatic carbocycles. The molecule has 0 aromatic heterocycles. The number of carbonyl (C=O) groups excluding carboxylic acids is 2. The zero-order valence-electron chi connectivity index (χ0n) is 20.7. The number of aliphatic carboxylic acids is 1. The first-order valence-corrected chi connectivity index (χ1v) is 11.9. The van der Waals surface area contributed by atoms with Crippen LogP contribution in [0.5, 0.6) is 5.75 Å². The van der Waals surface area contributed by atoms with Crippen LogP contribution in [0.2, 0.25) is 0 Å². The Kier molecular flexibility index (Phi) is 6.74. The number of amides is 3. The van der Waals surface area contributed by atoms with Gasteiger partial charge in [-0.15, -0.1) is 0 Å². The molecule has 2 atom stereocenters. The van der Waals surface area contributed by atoms with Crippen LogP contribution in [0.4, 0.5) is 4.79 Å². The van der Waals surface area contributed by atoms with Crippen molar-refractivity contribution in [2.75, 3.05) is 13.7 Å². The maximum Gasteiger partial charge on any atom is 0.318 e. The van der Waals surface area contributed by atoms with E-state index in [1.54, 1.807) is 12.0 Å². The quantitative estimate of drug-likeness (QED) is 0.587. The lowest BCUT2D eigenvalue weighted by molar-refractivity contribution is -0.140. The van der Waals surface area contributed by atoms with Crippen LogP contribution in [-0.2, 0) is 29.1 Å². The van der Waals surface area contributed by atoms with Crippen molar-refractivity contribution in [1.29, 1.82) is 0 Å². The van der Waals surface area contributed by atoms with Crippen molar-refractivity contribution in [1.82, 2.24) is 15.5 Å². The van der Waals surface area contributed by atoms with Crippen LogP contribution < -0.4 is 15.4 Å². The maximum atomic E-state index is 12.9. The molecule has 186 valence electrons. The molecule has 0 saturated heterocycles. The van der Waals surface area contributed by atoms with E-state index >= 15 is 0 Å². The van der Waals surface area contributed by atoms with Crippen molar-refractivity contribution in [2.45, 2.75) is 52.2 Å². The van der Waals surface area contributed by atoms with Crippen LogP contribution in [0.15, 0.2) is 36.4 Å². The summed E-state index contributed by atoms with van der Waals surface area (Å²) in [7, 11) is 1.64. The Morgan fingerprint density at radius 2 is 1.89 bits per heavy atom. The summed E-state index contributed by atoms with van der Waals surface area (Å²) in [6, 6.07) is 11.8. The summed E-state index contributed by atoms with van der Waals surface area (Å²) >= 11 is 0. The summed E-state index contributed by atoms with van der Waals surface area (Å²) < 4.78 is 5.41. The molecule has 1 heterocycles. The van der Waals surface area contributed by atoms with Gasteiger partial charge < -0.3 is 25.4 Å². The topological polar surface area (TPSA) is 108 Å². The fourth-order valence-electron chi connectivity index (χ4n) is 4.61. The van der Waals surface area contributed by atoms with Gasteiger partial charge in [-0.05, 0) is 73.6 Å². The molecule has 0 spiro atoms. The minimum Gasteiger partial charge on any atom is -0.497 e. The van der Waals surface area contributed by atoms with E-state index in [1.807, 2.05) is 51.1 Å². The molecule has 1 aliphatic heterocycles. The number of carboxylic acid groups (broad SMARTS) is 1. The highest BCUT2D eigenvalue weighted by Crippen LogP contribution is 2.39. The number of nitrogens with one attached hydrogen (secondary N) is 2. The van der Waals surface area contributed by atoms with Crippen molar-refractivity contribution < 1.29 is 24.2 Å². The minimum absolute atomic E-state index is 0.118. The van der Waals surface area contributed by atoms with Gasteiger partial charge in [0.2, 0.25) is 5.91 Å². The smallest absolute Gasteiger partial charge is 0.318 e. The highest BCUT2D eigenvalue weighted by Gasteiger charge is 2.48. The molecule has 0 bridgehead atoms. The minimum atomic E-state index is -0.925. The van der Waals surface area contributed by atoms with Crippen LogP contribution in [0.25, 0.3) is 11.1 Å². The molecule has 1 saturated carbocycles. The number of hydrogen-bond donors (Lipinski definition) is 3. The molecular weight excluding hydrogens is 446 g/mol. The van der Waals surface area contributed by atoms with E-state index in [0.717, 1.165) is 33.6 Å². The predicted octanol–water partition coefficient (Wildman–Crippen LogP) is 3.57. The molecular formula is C27H33N3O5. The Morgan fingerprint density at radius 1 is 1.11 bits per heavy atom. The van der Waals surface area contributed by atoms with Crippen LogP contribution in [0, 0.1) is 11.8 Å². The highest BCUT2D eigenvalue weighted by atomic mass is 16.5. The Hall–Kier alpha value is -3.55. The second-order valence-corrected chi connectivity index (χ2v) is 10.3. The van der Waals surface area contributed by atoms with E-state index in [2.05, 4.69) is 16.7 Å². The molecule has 8 nitrogen and oxygen atoms in total. The van der Waals surface area contributed by atoms with Gasteiger partial charge in [0, 0.05) is 25.2 Å². The largest absolute Gasteiger partial charge is 0.497 e. The van der Waals surface area contributed by atoms with Gasteiger partial charge >= 0.3 is 12.0 Å². The second kappa shape index (κ2) is 9.60. The van der Waals surface area contributed by atoms with E-state index in [-0.39, 0.29) is 24.0 Å². The lowest BCUT2D eigenvalue weighted by Gasteiger charge is -2.34. The van der Waals surface area contributed by atoms with Crippen LogP contribution in [-0.4, -0.2) is 47.1 Å². The Bertz CT molecular complexity index is 1150. The molecule has 4 rings (SSSR count). The number of ether oxygens (including phenoxy) is 1. The van der Waals surface area contributed by atoms with E-state index in [1.165, 1.54) is 0 Å². The van der Waals surface area contributed by atoms with Gasteiger partial charge in [0.1, 0.15) is 5.75 Å². The zero-order chi connectivity index (χ0) is 25.3. The number of benzene rings is 2. The summed E-state index contributed by atoms with van der Waals surface area (Å²) in [5.74, 6) is -1.44. The third-order valence-electron chi connectivity index (χ3n) is 6.56. The first-order valence-electron chi connectivity index (χ1n) is 11.9. The SMILES string of the molecule is COc1cccc(-c2ccc(CNC(=O)[C@@H]3C[C@H]3C(=O)O)c3c2CCN(C(=O)NC(C)(C)C)C3)c1. The molecule has 2 aromatic rings. The van der Waals surface area contributed by atoms with Gasteiger partial charge in [0.25, 0.3) is 0 Å². The molecule has 35 heavy (non-hydrogen) atoms. The molecule has 2 aliphatic rings. The number of rotatable bonds is 6. The van der Waals surface area contributed by atoms with Gasteiger partial charge in [0.05, 0.1) is 18.9 Å². The van der Waals surface area contributed by atoms with Crippen LogP contribution in [0.1, 0.15) is 43.9 Å². The third-order valence-corrected chi connectivity index (χ3v) is 6.56. The van der Waals surface area contributed by atoms with Crippen molar-refractivity contribution in [3.63, 3.8) is 0 Å². The first kappa shape index (κ1) is 24.6. The number of fused-ring (bicyclic) bond motifs is 1. The number of nitrogens with zero attached hydrogens (tertiary/aromatic N) is 1. The third kappa shape index (κ3) is 5.58. The molecule has 2 aromatic carbocycles. The van der Waals surface area contributed by atoms with E-state index < -0.39 is 17.8 Å². The predicted molar refractivity (Wildman–Crippen MR) is 132 cm³/mol. The first-order chi connectivity index (χ1) is 16.6. The maximum absolute atomic E-state index is 12.9. The van der Waals surface area contributed by atoms with Crippen molar-refractivity contribution >= 4 is 17.9 Å². The molecule has 0 unspecified atom stereocenters. The number of carbonyl (C=O) groups is 3. The summed E-state index contributed by atoms with van der Waals surface area (Å²) in [6.45, 7) is 7.16. The van der Waals surface area contributed by atoms with Crippen molar-refractivity contribution in [2.24, 2.45) is 11.8 Å². The number of urea groups is 1. The summed E-state index contributed by atoms with van der Waals surface area (Å²) in [5, 5.41) is 15.1. The molecule has 8 heteroatoms. The van der Waals surface area contributed by atoms with Gasteiger partial charge in [-0.2, -0.15) is 0 Å². The van der Waals surface area contributed by atoms with Gasteiger partial charge in [-0.3, -0.25) is 9.59 Å². The number of methoxy groups -OCH3 is 1. The number of hydrogen-bond acceptors (Lipinski definition) is 4. The van der Waals surface area contributed by atoms with E-state index in [4.69, 9.17) is 9.84 Å². The zero-order valence-corrected chi connectivity index (χ0v) is 20.7. The fourth-order valence-corrected chi connectivity index (χ4v) is 4.61. The molecule has 3 N–H and O–H groups in total. The summed E-state index contributed by atoms with van der Waals surface area (Å²) in [5.41, 5.74) is 4.87. The summed E-state index contributed by atoms with van der Waals surface area (Å²) in [6.07, 6.45) is 1.07. The lowest BCUT2D eigenvalue weighted by Crippen LogP contribution is -2.50. The molecule has 0 radical (unpaired) electrons. The van der Waals surface area contributed by atoms with E-state index in [0.29, 0.717) is 25.9 Å². The van der Waals surface area contributed by atoms with Crippen LogP contribution >= 0.6 is 0 Å². The van der Waals surface area contributed by atoms with Crippen LogP contribution in [0.3, 0.4) is 0 Å². The number of carboxylic acids is 1. The monoisotopic (exact) mass is 479 g/mol. The average Bonchev–Trinajstić information content (AvgIpc) is 3.62. The fraction of sp³-hybridized carbons (Fsp3) is 0.444. The molecule has 3 amide bonds. The lowest BCUT2D eigenvalue weighted by atomic mass is 9.87. The highest BCUT2D eigenvalue weighted by molar-refractivity contribution is 5.89. The Morgan fingerprint density at radius 3 is 2.54 bits per heavy atom. The normalized spacial score (nSPS) is 18.9. The average molecular weight is 480 g/mol. The Labute approximate surface area is 205 Å². The van der Waals surface area contributed by atoms with E-state index in [9.17, 15) is 14.4 Å². The van der Waals surface area contributed by atoms with Gasteiger partial charge in [-0.25, -0.2) is 4.79 Å². The van der Waals surface area contributed by atoms with Crippen molar-refractivity contribution in [3.8, 4) is 16.9 Å². The van der Waals surface area contributed by atoms with Gasteiger partial charge in [0.15, 0.2) is 0 Å². The van der Waals surface area contributed by atoms with Gasteiger partial charge in [-0.1, -0.05) is 24.3 Å². The molecule has 1 fully saturated rings. The summed E-state index contributed by atoms with van der Waals surface area (Å²) in [4.78, 5) is 38.3. The standard InChI is InChI=1S/C27H33N3O5/c1-27(2,3)29-26(34)30-11-10-20-19(16-6-5-7-18(12-16)35-4)9-8-17(23(20)15-30)14-28-24(31)21-13-22(21)25(32)33/h5-9,12,21-22H,10-11,13-15H2,1-4H3,(H,28,31)(H,29,34)(H,32,33)/t21-,22-/m1/s1. The Balaban J connectivity index is 1.62.